The third kappa shape index (κ3) is 1.50. The second kappa shape index (κ2) is 3.35. The van der Waals surface area contributed by atoms with Crippen LogP contribution in [-0.2, 0) is 4.74 Å². The fourth-order valence-corrected chi connectivity index (χ4v) is 1.13. The number of rotatable bonds is 3. The second-order valence-electron chi connectivity index (χ2n) is 3.07. The highest BCUT2D eigenvalue weighted by atomic mass is 16.5. The smallest absolute Gasteiger partial charge is 0.0858 e. The van der Waals surface area contributed by atoms with Gasteiger partial charge in [0.05, 0.1) is 12.2 Å². The standard InChI is InChI=1S/C8H16O2/c1-3-6(2)8(9)7-4-5-10-7/h6-9H,3-5H2,1-2H3. The summed E-state index contributed by atoms with van der Waals surface area (Å²) in [6.07, 6.45) is 1.96. The van der Waals surface area contributed by atoms with Crippen molar-refractivity contribution in [2.45, 2.75) is 38.9 Å². The van der Waals surface area contributed by atoms with Crippen molar-refractivity contribution >= 4 is 0 Å². The third-order valence-electron chi connectivity index (χ3n) is 2.34. The normalized spacial score (nSPS) is 30.9. The summed E-state index contributed by atoms with van der Waals surface area (Å²) in [5.41, 5.74) is 0. The molecule has 3 unspecified atom stereocenters. The van der Waals surface area contributed by atoms with E-state index in [4.69, 9.17) is 4.74 Å². The summed E-state index contributed by atoms with van der Waals surface area (Å²) in [5.74, 6) is 0.380. The van der Waals surface area contributed by atoms with Gasteiger partial charge >= 0.3 is 0 Å². The molecule has 1 heterocycles. The molecule has 3 atom stereocenters. The Labute approximate surface area is 62.2 Å². The average molecular weight is 144 g/mol. The lowest BCUT2D eigenvalue weighted by Gasteiger charge is -2.33. The minimum Gasteiger partial charge on any atom is -0.390 e. The maximum absolute atomic E-state index is 9.51. The summed E-state index contributed by atoms with van der Waals surface area (Å²) in [6, 6.07) is 0. The molecule has 60 valence electrons. The molecule has 1 fully saturated rings. The quantitative estimate of drug-likeness (QED) is 0.644. The van der Waals surface area contributed by atoms with E-state index < -0.39 is 0 Å². The zero-order chi connectivity index (χ0) is 7.56. The first kappa shape index (κ1) is 8.02. The molecule has 2 heteroatoms. The molecular weight excluding hydrogens is 128 g/mol. The molecule has 0 aliphatic carbocycles. The second-order valence-corrected chi connectivity index (χ2v) is 3.07. The van der Waals surface area contributed by atoms with Gasteiger partial charge in [-0.3, -0.25) is 0 Å². The van der Waals surface area contributed by atoms with Crippen molar-refractivity contribution in [3.8, 4) is 0 Å². The van der Waals surface area contributed by atoms with E-state index in [1.54, 1.807) is 0 Å². The lowest BCUT2D eigenvalue weighted by atomic mass is 9.94. The van der Waals surface area contributed by atoms with E-state index in [-0.39, 0.29) is 12.2 Å². The Bertz CT molecular complexity index is 94.7. The molecule has 10 heavy (non-hydrogen) atoms. The van der Waals surface area contributed by atoms with Gasteiger partial charge in [0, 0.05) is 6.61 Å². The first-order valence-corrected chi connectivity index (χ1v) is 4.05. The Morgan fingerprint density at radius 2 is 2.30 bits per heavy atom. The van der Waals surface area contributed by atoms with E-state index in [0.29, 0.717) is 5.92 Å². The van der Waals surface area contributed by atoms with E-state index in [1.807, 2.05) is 0 Å². The summed E-state index contributed by atoms with van der Waals surface area (Å²) in [5, 5.41) is 9.51. The van der Waals surface area contributed by atoms with Gasteiger partial charge < -0.3 is 9.84 Å². The van der Waals surface area contributed by atoms with Crippen molar-refractivity contribution in [1.29, 1.82) is 0 Å². The van der Waals surface area contributed by atoms with E-state index in [0.717, 1.165) is 19.4 Å². The van der Waals surface area contributed by atoms with Crippen molar-refractivity contribution in [2.24, 2.45) is 5.92 Å². The van der Waals surface area contributed by atoms with Gasteiger partial charge in [-0.1, -0.05) is 20.3 Å². The van der Waals surface area contributed by atoms with Crippen LogP contribution in [0.5, 0.6) is 0 Å². The van der Waals surface area contributed by atoms with Crippen LogP contribution in [0.3, 0.4) is 0 Å². The van der Waals surface area contributed by atoms with Gasteiger partial charge in [-0.05, 0) is 12.3 Å². The average Bonchev–Trinajstić information content (AvgIpc) is 1.82. The summed E-state index contributed by atoms with van der Waals surface area (Å²) in [4.78, 5) is 0. The van der Waals surface area contributed by atoms with Crippen LogP contribution in [0.2, 0.25) is 0 Å². The van der Waals surface area contributed by atoms with E-state index in [9.17, 15) is 5.11 Å². The minimum absolute atomic E-state index is 0.134. The number of aliphatic hydroxyl groups is 1. The highest BCUT2D eigenvalue weighted by Crippen LogP contribution is 2.21. The minimum atomic E-state index is -0.237. The molecule has 0 saturated carbocycles. The van der Waals surface area contributed by atoms with Crippen LogP contribution in [-0.4, -0.2) is 23.9 Å². The van der Waals surface area contributed by atoms with Crippen LogP contribution in [0, 0.1) is 5.92 Å². The molecule has 0 aromatic heterocycles. The fourth-order valence-electron chi connectivity index (χ4n) is 1.13. The molecule has 0 radical (unpaired) electrons. The Morgan fingerprint density at radius 1 is 1.70 bits per heavy atom. The first-order chi connectivity index (χ1) is 4.75. The zero-order valence-corrected chi connectivity index (χ0v) is 6.71. The van der Waals surface area contributed by atoms with E-state index in [1.165, 1.54) is 0 Å². The summed E-state index contributed by atoms with van der Waals surface area (Å²) in [7, 11) is 0. The molecule has 0 aromatic carbocycles. The molecule has 0 aromatic rings. The van der Waals surface area contributed by atoms with Crippen molar-refractivity contribution in [2.75, 3.05) is 6.61 Å². The van der Waals surface area contributed by atoms with Gasteiger partial charge in [0.2, 0.25) is 0 Å². The lowest BCUT2D eigenvalue weighted by molar-refractivity contribution is -0.131. The van der Waals surface area contributed by atoms with Crippen molar-refractivity contribution in [3.05, 3.63) is 0 Å². The molecule has 2 nitrogen and oxygen atoms in total. The molecule has 1 rings (SSSR count). The van der Waals surface area contributed by atoms with Crippen LogP contribution in [0.4, 0.5) is 0 Å². The highest BCUT2D eigenvalue weighted by molar-refractivity contribution is 4.78. The fraction of sp³-hybridized carbons (Fsp3) is 1.00. The molecule has 1 aliphatic heterocycles. The highest BCUT2D eigenvalue weighted by Gasteiger charge is 2.29. The van der Waals surface area contributed by atoms with E-state index >= 15 is 0 Å². The van der Waals surface area contributed by atoms with Crippen LogP contribution >= 0.6 is 0 Å². The van der Waals surface area contributed by atoms with Crippen LogP contribution in [0.25, 0.3) is 0 Å². The summed E-state index contributed by atoms with van der Waals surface area (Å²) < 4.78 is 5.17. The maximum atomic E-state index is 9.51. The van der Waals surface area contributed by atoms with Gasteiger partial charge in [-0.15, -0.1) is 0 Å². The van der Waals surface area contributed by atoms with Gasteiger partial charge in [0.25, 0.3) is 0 Å². The van der Waals surface area contributed by atoms with E-state index in [2.05, 4.69) is 13.8 Å². The zero-order valence-electron chi connectivity index (χ0n) is 6.71. The van der Waals surface area contributed by atoms with Gasteiger partial charge in [-0.25, -0.2) is 0 Å². The third-order valence-corrected chi connectivity index (χ3v) is 2.34. The van der Waals surface area contributed by atoms with Crippen LogP contribution in [0.1, 0.15) is 26.7 Å². The Morgan fingerprint density at radius 3 is 2.60 bits per heavy atom. The van der Waals surface area contributed by atoms with Crippen molar-refractivity contribution in [1.82, 2.24) is 0 Å². The predicted octanol–water partition coefficient (Wildman–Crippen LogP) is 1.18. The summed E-state index contributed by atoms with van der Waals surface area (Å²) in [6.45, 7) is 4.98. The Balaban J connectivity index is 2.24. The number of ether oxygens (including phenoxy) is 1. The topological polar surface area (TPSA) is 29.5 Å². The lowest BCUT2D eigenvalue weighted by Crippen LogP contribution is -2.41. The number of aliphatic hydroxyl groups excluding tert-OH is 1. The SMILES string of the molecule is CCC(C)C(O)C1CCO1. The van der Waals surface area contributed by atoms with Gasteiger partial charge in [0.1, 0.15) is 0 Å². The molecular formula is C8H16O2. The predicted molar refractivity (Wildman–Crippen MR) is 39.8 cm³/mol. The van der Waals surface area contributed by atoms with Crippen molar-refractivity contribution < 1.29 is 9.84 Å². The van der Waals surface area contributed by atoms with Crippen LogP contribution < -0.4 is 0 Å². The largest absolute Gasteiger partial charge is 0.390 e. The molecule has 1 aliphatic rings. The van der Waals surface area contributed by atoms with Crippen LogP contribution in [0.15, 0.2) is 0 Å². The monoisotopic (exact) mass is 144 g/mol. The van der Waals surface area contributed by atoms with Gasteiger partial charge in [-0.2, -0.15) is 0 Å². The molecule has 1 N–H and O–H groups in total. The molecule has 0 spiro atoms. The molecule has 0 bridgehead atoms. The number of hydrogen-bond acceptors (Lipinski definition) is 2. The Kier molecular flexibility index (Phi) is 2.69. The molecule has 1 saturated heterocycles. The van der Waals surface area contributed by atoms with Gasteiger partial charge in [0.15, 0.2) is 0 Å². The molecule has 0 amide bonds. The number of hydrogen-bond donors (Lipinski definition) is 1. The summed E-state index contributed by atoms with van der Waals surface area (Å²) >= 11 is 0. The van der Waals surface area contributed by atoms with Crippen molar-refractivity contribution in [3.63, 3.8) is 0 Å². The first-order valence-electron chi connectivity index (χ1n) is 4.05. The Hall–Kier alpha value is -0.0800. The maximum Gasteiger partial charge on any atom is 0.0858 e.